The zero-order valence-electron chi connectivity index (χ0n) is 21.6. The number of nitrogens with zero attached hydrogens (tertiary/aromatic N) is 4. The molecule has 1 aliphatic heterocycles. The largest absolute Gasteiger partial charge is 0.396 e. The molecule has 1 saturated carbocycles. The number of hydrogen-bond acceptors (Lipinski definition) is 8. The standard InChI is InChI=1S/C26H32F3N7O3/c1-14(12-37)10-30-24(38)15-2-4-17(5-3-15)32-25-31-11-21-23(35-25)36(18-6-7-39-13-18)26(33-21)34-22-19(28)8-16(27)9-20(22)29/h8-9,11,14-15,17-18,37H,2-7,10,12-13H2,1H3,(H,30,38)(H,33,34)(H,31,32,35)/t14-,15?,17?,18-/m0/s1. The summed E-state index contributed by atoms with van der Waals surface area (Å²) in [7, 11) is 0. The second-order valence-electron chi connectivity index (χ2n) is 10.3. The summed E-state index contributed by atoms with van der Waals surface area (Å²) < 4.78 is 49.5. The molecule has 0 spiro atoms. The molecular weight excluding hydrogens is 515 g/mol. The number of aliphatic hydroxyl groups excluding tert-OH is 1. The Kier molecular flexibility index (Phi) is 8.17. The lowest BCUT2D eigenvalue weighted by Crippen LogP contribution is -2.38. The molecule has 1 aromatic carbocycles. The van der Waals surface area contributed by atoms with Crippen molar-refractivity contribution in [1.29, 1.82) is 0 Å². The van der Waals surface area contributed by atoms with Gasteiger partial charge >= 0.3 is 0 Å². The molecule has 3 aromatic rings. The van der Waals surface area contributed by atoms with Gasteiger partial charge in [-0.1, -0.05) is 6.92 Å². The first-order valence-electron chi connectivity index (χ1n) is 13.2. The average molecular weight is 548 g/mol. The van der Waals surface area contributed by atoms with Crippen LogP contribution in [0.25, 0.3) is 11.2 Å². The number of hydrogen-bond donors (Lipinski definition) is 4. The van der Waals surface area contributed by atoms with Crippen LogP contribution < -0.4 is 16.0 Å². The van der Waals surface area contributed by atoms with E-state index >= 15 is 0 Å². The quantitative estimate of drug-likeness (QED) is 0.320. The van der Waals surface area contributed by atoms with Crippen LogP contribution in [0.15, 0.2) is 18.3 Å². The van der Waals surface area contributed by atoms with Gasteiger partial charge in [-0.2, -0.15) is 4.98 Å². The van der Waals surface area contributed by atoms with E-state index in [4.69, 9.17) is 9.84 Å². The lowest BCUT2D eigenvalue weighted by molar-refractivity contribution is -0.126. The van der Waals surface area contributed by atoms with E-state index in [-0.39, 0.29) is 42.4 Å². The third kappa shape index (κ3) is 6.09. The summed E-state index contributed by atoms with van der Waals surface area (Å²) in [5.74, 6) is -2.65. The van der Waals surface area contributed by atoms with Gasteiger partial charge in [-0.05, 0) is 38.0 Å². The van der Waals surface area contributed by atoms with Crippen molar-refractivity contribution < 1.29 is 27.8 Å². The third-order valence-electron chi connectivity index (χ3n) is 7.31. The summed E-state index contributed by atoms with van der Waals surface area (Å²) in [6.07, 6.45) is 5.17. The molecule has 2 atom stereocenters. The van der Waals surface area contributed by atoms with Gasteiger partial charge in [0.05, 0.1) is 18.8 Å². The Balaban J connectivity index is 1.32. The molecule has 2 aromatic heterocycles. The SMILES string of the molecule is C[C@H](CO)CNC(=O)C1CCC(Nc2ncc3nc(Nc4c(F)cc(F)cc4F)n([C@H]4CCOC4)c3n2)CC1. The molecule has 5 rings (SSSR count). The van der Waals surface area contributed by atoms with E-state index < -0.39 is 23.1 Å². The van der Waals surface area contributed by atoms with Gasteiger partial charge in [-0.15, -0.1) is 0 Å². The van der Waals surface area contributed by atoms with Crippen molar-refractivity contribution in [2.75, 3.05) is 37.0 Å². The number of carbonyl (C=O) groups is 1. The Morgan fingerprint density at radius 3 is 2.56 bits per heavy atom. The topological polar surface area (TPSA) is 126 Å². The number of carbonyl (C=O) groups excluding carboxylic acids is 1. The molecule has 10 nitrogen and oxygen atoms in total. The number of benzene rings is 1. The number of anilines is 3. The van der Waals surface area contributed by atoms with Gasteiger partial charge in [0.15, 0.2) is 17.3 Å². The van der Waals surface area contributed by atoms with Crippen LogP contribution in [0.1, 0.15) is 45.1 Å². The average Bonchev–Trinajstić information content (AvgIpc) is 3.57. The summed E-state index contributed by atoms with van der Waals surface area (Å²) in [6, 6.07) is 1.11. The number of amides is 1. The lowest BCUT2D eigenvalue weighted by Gasteiger charge is -2.28. The number of imidazole rings is 1. The minimum atomic E-state index is -1.07. The van der Waals surface area contributed by atoms with E-state index in [0.29, 0.717) is 55.4 Å². The van der Waals surface area contributed by atoms with E-state index in [0.717, 1.165) is 25.7 Å². The molecule has 0 bridgehead atoms. The molecule has 13 heteroatoms. The van der Waals surface area contributed by atoms with Crippen molar-refractivity contribution in [2.24, 2.45) is 11.8 Å². The van der Waals surface area contributed by atoms with Gasteiger partial charge in [0, 0.05) is 43.9 Å². The molecule has 1 aliphatic carbocycles. The maximum atomic E-state index is 14.4. The van der Waals surface area contributed by atoms with Crippen molar-refractivity contribution in [3.8, 4) is 0 Å². The van der Waals surface area contributed by atoms with Crippen LogP contribution in [0.4, 0.5) is 30.8 Å². The van der Waals surface area contributed by atoms with E-state index in [2.05, 4.69) is 30.9 Å². The van der Waals surface area contributed by atoms with Crippen molar-refractivity contribution in [3.63, 3.8) is 0 Å². The molecule has 3 heterocycles. The normalized spacial score (nSPS) is 22.1. The fraction of sp³-hybridized carbons (Fsp3) is 0.538. The highest BCUT2D eigenvalue weighted by Gasteiger charge is 2.29. The molecule has 1 saturated heterocycles. The Labute approximate surface area is 223 Å². The highest BCUT2D eigenvalue weighted by Crippen LogP contribution is 2.33. The Morgan fingerprint density at radius 1 is 1.15 bits per heavy atom. The minimum Gasteiger partial charge on any atom is -0.396 e. The first kappa shape index (κ1) is 27.1. The number of rotatable bonds is 9. The zero-order valence-corrected chi connectivity index (χ0v) is 21.6. The van der Waals surface area contributed by atoms with Crippen molar-refractivity contribution in [2.45, 2.75) is 51.1 Å². The fourth-order valence-electron chi connectivity index (χ4n) is 5.06. The summed E-state index contributed by atoms with van der Waals surface area (Å²) in [6.45, 7) is 3.27. The van der Waals surface area contributed by atoms with Gasteiger partial charge in [0.1, 0.15) is 17.0 Å². The maximum Gasteiger partial charge on any atom is 0.224 e. The first-order chi connectivity index (χ1) is 18.8. The fourth-order valence-corrected chi connectivity index (χ4v) is 5.06. The van der Waals surface area contributed by atoms with Crippen LogP contribution in [0.5, 0.6) is 0 Å². The second-order valence-corrected chi connectivity index (χ2v) is 10.3. The third-order valence-corrected chi connectivity index (χ3v) is 7.31. The number of fused-ring (bicyclic) bond motifs is 1. The highest BCUT2D eigenvalue weighted by atomic mass is 19.1. The van der Waals surface area contributed by atoms with E-state index in [1.54, 1.807) is 10.8 Å². The predicted octanol–water partition coefficient (Wildman–Crippen LogP) is 3.66. The monoisotopic (exact) mass is 547 g/mol. The summed E-state index contributed by atoms with van der Waals surface area (Å²) in [4.78, 5) is 26.0. The highest BCUT2D eigenvalue weighted by molar-refractivity contribution is 5.79. The predicted molar refractivity (Wildman–Crippen MR) is 138 cm³/mol. The smallest absolute Gasteiger partial charge is 0.224 e. The van der Waals surface area contributed by atoms with E-state index in [1.807, 2.05) is 6.92 Å². The van der Waals surface area contributed by atoms with Gasteiger partial charge in [-0.25, -0.2) is 23.1 Å². The Bertz CT molecular complexity index is 1300. The second kappa shape index (κ2) is 11.7. The lowest BCUT2D eigenvalue weighted by atomic mass is 9.85. The van der Waals surface area contributed by atoms with E-state index in [1.165, 1.54) is 0 Å². The van der Waals surface area contributed by atoms with Crippen LogP contribution in [-0.4, -0.2) is 62.9 Å². The Morgan fingerprint density at radius 2 is 1.90 bits per heavy atom. The molecule has 2 fully saturated rings. The first-order valence-corrected chi connectivity index (χ1v) is 13.2. The van der Waals surface area contributed by atoms with Gasteiger partial charge in [0.25, 0.3) is 0 Å². The van der Waals surface area contributed by atoms with Gasteiger partial charge < -0.3 is 25.8 Å². The number of nitrogens with one attached hydrogen (secondary N) is 3. The molecule has 0 radical (unpaired) electrons. The molecule has 2 aliphatic rings. The maximum absolute atomic E-state index is 14.4. The van der Waals surface area contributed by atoms with E-state index in [9.17, 15) is 18.0 Å². The van der Waals surface area contributed by atoms with Crippen molar-refractivity contribution >= 4 is 34.7 Å². The van der Waals surface area contributed by atoms with Crippen LogP contribution >= 0.6 is 0 Å². The molecule has 0 unspecified atom stereocenters. The molecule has 4 N–H and O–H groups in total. The molecule has 210 valence electrons. The van der Waals surface area contributed by atoms with Gasteiger partial charge in [-0.3, -0.25) is 9.36 Å². The van der Waals surface area contributed by atoms with Gasteiger partial charge in [0.2, 0.25) is 17.8 Å². The number of halogens is 3. The number of aromatic nitrogens is 4. The van der Waals surface area contributed by atoms with Crippen molar-refractivity contribution in [3.05, 3.63) is 35.8 Å². The Hall–Kier alpha value is -3.45. The zero-order chi connectivity index (χ0) is 27.5. The summed E-state index contributed by atoms with van der Waals surface area (Å²) >= 11 is 0. The van der Waals surface area contributed by atoms with Crippen LogP contribution in [0.3, 0.4) is 0 Å². The molecule has 1 amide bonds. The number of ether oxygens (including phenoxy) is 1. The minimum absolute atomic E-state index is 0.0168. The number of aliphatic hydroxyl groups is 1. The van der Waals surface area contributed by atoms with Crippen molar-refractivity contribution in [1.82, 2.24) is 24.8 Å². The summed E-state index contributed by atoms with van der Waals surface area (Å²) in [5, 5.41) is 18.1. The molecule has 39 heavy (non-hydrogen) atoms. The molecular formula is C26H32F3N7O3. The van der Waals surface area contributed by atoms with Crippen LogP contribution in [0, 0.1) is 29.3 Å². The van der Waals surface area contributed by atoms with Crippen LogP contribution in [0.2, 0.25) is 0 Å². The summed E-state index contributed by atoms with van der Waals surface area (Å²) in [5.41, 5.74) is 0.389. The van der Waals surface area contributed by atoms with Crippen LogP contribution in [-0.2, 0) is 9.53 Å².